The van der Waals surface area contributed by atoms with Crippen LogP contribution < -0.4 is 10.5 Å². The maximum absolute atomic E-state index is 11.9. The van der Waals surface area contributed by atoms with Crippen molar-refractivity contribution in [2.45, 2.75) is 27.2 Å². The molecule has 0 bridgehead atoms. The molecule has 5 nitrogen and oxygen atoms in total. The van der Waals surface area contributed by atoms with E-state index in [2.05, 4.69) is 11.3 Å². The monoisotopic (exact) mass is 382 g/mol. The Morgan fingerprint density at radius 3 is 2.48 bits per heavy atom. The smallest absolute Gasteiger partial charge is 0.254 e. The summed E-state index contributed by atoms with van der Waals surface area (Å²) in [4.78, 5) is 11.9. The van der Waals surface area contributed by atoms with E-state index in [0.717, 1.165) is 38.8 Å². The number of rotatable bonds is 5. The molecule has 0 radical (unpaired) electrons. The highest BCUT2D eigenvalue weighted by Gasteiger charge is 2.25. The molecule has 0 saturated heterocycles. The summed E-state index contributed by atoms with van der Waals surface area (Å²) in [7, 11) is -3.60. The van der Waals surface area contributed by atoms with Crippen LogP contribution in [0.4, 0.5) is 5.69 Å². The van der Waals surface area contributed by atoms with Crippen LogP contribution in [0.5, 0.6) is 0 Å². The van der Waals surface area contributed by atoms with Gasteiger partial charge in [0.2, 0.25) is 5.91 Å². The second-order valence-corrected chi connectivity index (χ2v) is 8.38. The third-order valence-corrected chi connectivity index (χ3v) is 6.07. The minimum atomic E-state index is -3.60. The number of hydrogen-bond donors (Lipinski definition) is 2. The molecule has 140 valence electrons. The van der Waals surface area contributed by atoms with E-state index in [1.807, 2.05) is 32.9 Å². The van der Waals surface area contributed by atoms with Gasteiger partial charge in [0.05, 0.1) is 5.69 Å². The molecular formula is C21H22N2O3S. The molecule has 2 aromatic rings. The molecule has 0 unspecified atom stereocenters. The molecule has 3 N–H and O–H groups in total. The summed E-state index contributed by atoms with van der Waals surface area (Å²) in [5.41, 5.74) is 13.5. The number of nitrogens with one attached hydrogen (secondary N) is 1. The van der Waals surface area contributed by atoms with Gasteiger partial charge in [0.1, 0.15) is 0 Å². The van der Waals surface area contributed by atoms with Crippen molar-refractivity contribution in [3.8, 4) is 11.1 Å². The summed E-state index contributed by atoms with van der Waals surface area (Å²) in [6.45, 7) is 9.28. The van der Waals surface area contributed by atoms with Crippen LogP contribution in [0.2, 0.25) is 0 Å². The first-order valence-corrected chi connectivity index (χ1v) is 10.1. The van der Waals surface area contributed by atoms with Crippen molar-refractivity contribution in [3.05, 3.63) is 70.1 Å². The molecule has 1 aliphatic rings. The summed E-state index contributed by atoms with van der Waals surface area (Å²) in [5, 5.41) is 0.884. The molecule has 27 heavy (non-hydrogen) atoms. The molecule has 1 amide bonds. The number of nitrogens with two attached hydrogens (primary N) is 1. The Balaban J connectivity index is 2.24. The molecule has 3 rings (SSSR count). The number of benzene rings is 2. The van der Waals surface area contributed by atoms with Gasteiger partial charge in [0, 0.05) is 11.0 Å². The average Bonchev–Trinajstić information content (AvgIpc) is 2.91. The predicted octanol–water partition coefficient (Wildman–Crippen LogP) is 4.00. The second-order valence-electron chi connectivity index (χ2n) is 6.75. The fourth-order valence-electron chi connectivity index (χ4n) is 3.56. The first-order valence-electron chi connectivity index (χ1n) is 8.54. The van der Waals surface area contributed by atoms with Crippen LogP contribution >= 0.6 is 0 Å². The third-order valence-electron chi connectivity index (χ3n) is 5.13. The number of hydrogen-bond acceptors (Lipinski definition) is 3. The highest BCUT2D eigenvalue weighted by atomic mass is 32.2. The van der Waals surface area contributed by atoms with Crippen molar-refractivity contribution in [3.63, 3.8) is 0 Å². The number of carbonyl (C=O) groups is 1. The number of anilines is 1. The largest absolute Gasteiger partial charge is 0.366 e. The summed E-state index contributed by atoms with van der Waals surface area (Å²) in [5.74, 6) is -0.440. The van der Waals surface area contributed by atoms with Crippen molar-refractivity contribution in [1.82, 2.24) is 0 Å². The Hall–Kier alpha value is -2.86. The van der Waals surface area contributed by atoms with Crippen molar-refractivity contribution in [2.75, 3.05) is 4.72 Å². The lowest BCUT2D eigenvalue weighted by Crippen LogP contribution is -2.14. The molecule has 2 aromatic carbocycles. The van der Waals surface area contributed by atoms with Crippen molar-refractivity contribution >= 4 is 27.2 Å². The molecule has 0 heterocycles. The van der Waals surface area contributed by atoms with Gasteiger partial charge in [-0.25, -0.2) is 8.42 Å². The number of primary amides is 1. The number of amides is 1. The minimum Gasteiger partial charge on any atom is -0.366 e. The first kappa shape index (κ1) is 18.9. The predicted molar refractivity (Wildman–Crippen MR) is 110 cm³/mol. The zero-order chi connectivity index (χ0) is 19.9. The van der Waals surface area contributed by atoms with E-state index in [-0.39, 0.29) is 0 Å². The molecule has 0 aromatic heterocycles. The van der Waals surface area contributed by atoms with Gasteiger partial charge >= 0.3 is 0 Å². The summed E-state index contributed by atoms with van der Waals surface area (Å²) >= 11 is 0. The van der Waals surface area contributed by atoms with Crippen LogP contribution in [-0.2, 0) is 16.4 Å². The Kier molecular flexibility index (Phi) is 4.70. The Labute approximate surface area is 159 Å². The van der Waals surface area contributed by atoms with E-state index < -0.39 is 15.9 Å². The molecule has 0 aliphatic heterocycles. The first-order chi connectivity index (χ1) is 12.7. The normalized spacial score (nSPS) is 13.4. The van der Waals surface area contributed by atoms with Crippen LogP contribution in [0.3, 0.4) is 0 Å². The highest BCUT2D eigenvalue weighted by molar-refractivity contribution is 7.95. The maximum atomic E-state index is 11.9. The van der Waals surface area contributed by atoms with Crippen LogP contribution in [0.15, 0.2) is 47.9 Å². The summed E-state index contributed by atoms with van der Waals surface area (Å²) < 4.78 is 26.3. The van der Waals surface area contributed by atoms with Gasteiger partial charge in [-0.3, -0.25) is 9.52 Å². The van der Waals surface area contributed by atoms with Crippen molar-refractivity contribution in [1.29, 1.82) is 0 Å². The van der Waals surface area contributed by atoms with Crippen molar-refractivity contribution < 1.29 is 13.2 Å². The molecule has 0 spiro atoms. The third kappa shape index (κ3) is 3.28. The van der Waals surface area contributed by atoms with Gasteiger partial charge in [0.15, 0.2) is 0 Å². The quantitative estimate of drug-likeness (QED) is 0.819. The molecule has 0 fully saturated rings. The molecular weight excluding hydrogens is 360 g/mol. The zero-order valence-corrected chi connectivity index (χ0v) is 16.4. The van der Waals surface area contributed by atoms with E-state index in [0.29, 0.717) is 17.7 Å². The zero-order valence-electron chi connectivity index (χ0n) is 15.6. The summed E-state index contributed by atoms with van der Waals surface area (Å²) in [6, 6.07) is 9.10. The highest BCUT2D eigenvalue weighted by Crippen LogP contribution is 2.42. The fraction of sp³-hybridized carbons (Fsp3) is 0.190. The van der Waals surface area contributed by atoms with E-state index in [4.69, 9.17) is 5.73 Å². The maximum Gasteiger partial charge on any atom is 0.254 e. The van der Waals surface area contributed by atoms with E-state index in [9.17, 15) is 13.2 Å². The number of allylic oxidation sites excluding steroid dienone is 2. The summed E-state index contributed by atoms with van der Waals surface area (Å²) in [6.07, 6.45) is 0.690. The van der Waals surface area contributed by atoms with Gasteiger partial charge in [-0.1, -0.05) is 30.4 Å². The Morgan fingerprint density at radius 1 is 1.15 bits per heavy atom. The van der Waals surface area contributed by atoms with Gasteiger partial charge in [0.25, 0.3) is 10.0 Å². The molecule has 6 heteroatoms. The number of sulfonamides is 1. The molecule has 0 atom stereocenters. The molecule has 1 aliphatic carbocycles. The Bertz CT molecular complexity index is 1110. The fourth-order valence-corrected chi connectivity index (χ4v) is 4.17. The lowest BCUT2D eigenvalue weighted by atomic mass is 9.89. The lowest BCUT2D eigenvalue weighted by molar-refractivity contribution is 0.0999. The van der Waals surface area contributed by atoms with E-state index in [1.165, 1.54) is 5.57 Å². The van der Waals surface area contributed by atoms with Crippen LogP contribution in [0, 0.1) is 6.92 Å². The average molecular weight is 382 g/mol. The van der Waals surface area contributed by atoms with E-state index in [1.54, 1.807) is 18.2 Å². The number of fused-ring (bicyclic) bond motifs is 1. The number of carbonyl (C=O) groups excluding carboxylic acids is 1. The van der Waals surface area contributed by atoms with Crippen LogP contribution in [0.25, 0.3) is 16.7 Å². The van der Waals surface area contributed by atoms with Crippen LogP contribution in [0.1, 0.15) is 40.9 Å². The van der Waals surface area contributed by atoms with Gasteiger partial charge in [-0.2, -0.15) is 0 Å². The van der Waals surface area contributed by atoms with Gasteiger partial charge < -0.3 is 5.73 Å². The van der Waals surface area contributed by atoms with Gasteiger partial charge in [-0.05, 0) is 72.7 Å². The van der Waals surface area contributed by atoms with Gasteiger partial charge in [-0.15, -0.1) is 0 Å². The van der Waals surface area contributed by atoms with Crippen molar-refractivity contribution in [2.24, 2.45) is 5.73 Å². The standard InChI is InChI=1S/C21H22N2O3S/c1-5-27(25,26)23-19-8-6-7-15(14(19)4)16-9-10-17(21(22)24)18-11-12(2)13(3)20(16)18/h5-10,23H,1,11H2,2-4H3,(H2,22,24). The second kappa shape index (κ2) is 6.70. The van der Waals surface area contributed by atoms with Crippen LogP contribution in [-0.4, -0.2) is 14.3 Å². The van der Waals surface area contributed by atoms with E-state index >= 15 is 0 Å². The lowest BCUT2D eigenvalue weighted by Gasteiger charge is -2.17. The minimum absolute atomic E-state index is 0.440. The Morgan fingerprint density at radius 2 is 1.85 bits per heavy atom. The SMILES string of the molecule is C=CS(=O)(=O)Nc1cccc(-c2ccc(C(N)=O)c3c2C(C)=C(C)C3)c1C. The topological polar surface area (TPSA) is 89.3 Å². The molecule has 0 saturated carbocycles.